The Morgan fingerprint density at radius 3 is 1.20 bits per heavy atom. The average Bonchev–Trinajstić information content (AvgIpc) is 3.37. The number of hydrogen-bond acceptors (Lipinski definition) is 13. The highest BCUT2D eigenvalue weighted by atomic mass is 16.7. The summed E-state index contributed by atoms with van der Waals surface area (Å²) in [5, 5.41) is 87.0. The SMILES string of the molecule is CCCCCCCCCCCCCCCCCCCCCCCCCCCCCC(=O)N[C@@H](CO[C@@H]1O[C@H](CO)[C@@H](O[C@@H]2O[C@H](CO)[C@H](O)C(O)C2O)C(O)C1O)[C@H](O)CCCCCCCCCCCC. The van der Waals surface area contributed by atoms with Crippen molar-refractivity contribution in [1.29, 1.82) is 0 Å². The smallest absolute Gasteiger partial charge is 0.220 e. The molecule has 0 aromatic heterocycles. The second-order valence-corrected chi connectivity index (χ2v) is 21.5. The summed E-state index contributed by atoms with van der Waals surface area (Å²) in [5.74, 6) is -0.202. The third kappa shape index (κ3) is 30.4. The van der Waals surface area contributed by atoms with E-state index in [-0.39, 0.29) is 12.5 Å². The van der Waals surface area contributed by atoms with Crippen molar-refractivity contribution >= 4 is 5.91 Å². The Bertz CT molecular complexity index is 1200. The summed E-state index contributed by atoms with van der Waals surface area (Å²) >= 11 is 0. The third-order valence-electron chi connectivity index (χ3n) is 15.1. The van der Waals surface area contributed by atoms with Crippen LogP contribution in [0, 0.1) is 0 Å². The lowest BCUT2D eigenvalue weighted by Gasteiger charge is -2.46. The van der Waals surface area contributed by atoms with Crippen LogP contribution in [-0.4, -0.2) is 140 Å². The minimum Gasteiger partial charge on any atom is -0.394 e. The van der Waals surface area contributed by atoms with Crippen molar-refractivity contribution in [3.8, 4) is 0 Å². The van der Waals surface area contributed by atoms with E-state index in [9.17, 15) is 45.6 Å². The first-order valence-electron chi connectivity index (χ1n) is 29.8. The minimum atomic E-state index is -1.78. The average molecular weight is 1020 g/mol. The number of aliphatic hydroxyl groups is 8. The van der Waals surface area contributed by atoms with Gasteiger partial charge in [-0.1, -0.05) is 245 Å². The van der Waals surface area contributed by atoms with E-state index in [1.165, 1.54) is 186 Å². The quantitative estimate of drug-likeness (QED) is 0.0259. The van der Waals surface area contributed by atoms with Crippen LogP contribution >= 0.6 is 0 Å². The van der Waals surface area contributed by atoms with Crippen LogP contribution in [-0.2, 0) is 23.7 Å². The summed E-state index contributed by atoms with van der Waals surface area (Å²) in [5.41, 5.74) is 0. The lowest BCUT2D eigenvalue weighted by molar-refractivity contribution is -0.359. The van der Waals surface area contributed by atoms with Crippen molar-refractivity contribution in [1.82, 2.24) is 5.32 Å². The van der Waals surface area contributed by atoms with Crippen molar-refractivity contribution in [3.63, 3.8) is 0 Å². The fourth-order valence-corrected chi connectivity index (χ4v) is 10.2. The van der Waals surface area contributed by atoms with E-state index in [2.05, 4.69) is 19.2 Å². The molecule has 71 heavy (non-hydrogen) atoms. The summed E-state index contributed by atoms with van der Waals surface area (Å²) in [6, 6.07) is -0.821. The highest BCUT2D eigenvalue weighted by Crippen LogP contribution is 2.30. The van der Waals surface area contributed by atoms with Crippen LogP contribution in [0.5, 0.6) is 0 Å². The van der Waals surface area contributed by atoms with Gasteiger partial charge in [-0.25, -0.2) is 0 Å². The van der Waals surface area contributed by atoms with Gasteiger partial charge in [0.05, 0.1) is 32.0 Å². The topological polar surface area (TPSA) is 228 Å². The van der Waals surface area contributed by atoms with Gasteiger partial charge in [0.25, 0.3) is 0 Å². The van der Waals surface area contributed by atoms with Gasteiger partial charge in [0.1, 0.15) is 48.8 Å². The Hall–Kier alpha value is -1.01. The fraction of sp³-hybridized carbons (Fsp3) is 0.982. The van der Waals surface area contributed by atoms with E-state index in [4.69, 9.17) is 18.9 Å². The Morgan fingerprint density at radius 2 is 0.803 bits per heavy atom. The summed E-state index contributed by atoms with van der Waals surface area (Å²) < 4.78 is 22.8. The van der Waals surface area contributed by atoms with E-state index in [1.54, 1.807) is 0 Å². The summed E-state index contributed by atoms with van der Waals surface area (Å²) in [6.07, 6.45) is 31.3. The molecular weight excluding hydrogens is 907 g/mol. The normalized spacial score (nSPS) is 25.7. The maximum atomic E-state index is 13.2. The van der Waals surface area contributed by atoms with Crippen molar-refractivity contribution in [2.45, 2.75) is 338 Å². The molecule has 14 heteroatoms. The molecule has 2 aliphatic rings. The molecule has 2 saturated heterocycles. The molecule has 12 atom stereocenters. The molecule has 0 saturated carbocycles. The zero-order valence-corrected chi connectivity index (χ0v) is 45.2. The van der Waals surface area contributed by atoms with Gasteiger partial charge in [-0.05, 0) is 12.8 Å². The molecule has 0 spiro atoms. The molecular formula is C57H111NO13. The second kappa shape index (κ2) is 44.2. The number of rotatable bonds is 48. The summed E-state index contributed by atoms with van der Waals surface area (Å²) in [6.45, 7) is 2.87. The lowest BCUT2D eigenvalue weighted by atomic mass is 9.97. The second-order valence-electron chi connectivity index (χ2n) is 21.5. The van der Waals surface area contributed by atoms with Crippen LogP contribution in [0.25, 0.3) is 0 Å². The third-order valence-corrected chi connectivity index (χ3v) is 15.1. The molecule has 0 radical (unpaired) electrons. The largest absolute Gasteiger partial charge is 0.394 e. The molecule has 14 nitrogen and oxygen atoms in total. The highest BCUT2D eigenvalue weighted by Gasteiger charge is 2.51. The number of ether oxygens (including phenoxy) is 4. The van der Waals surface area contributed by atoms with Crippen LogP contribution in [0.3, 0.4) is 0 Å². The number of nitrogens with one attached hydrogen (secondary N) is 1. The van der Waals surface area contributed by atoms with Crippen LogP contribution in [0.2, 0.25) is 0 Å². The van der Waals surface area contributed by atoms with Gasteiger partial charge in [0.15, 0.2) is 12.6 Å². The van der Waals surface area contributed by atoms with Crippen LogP contribution in [0.4, 0.5) is 0 Å². The van der Waals surface area contributed by atoms with Gasteiger partial charge in [-0.2, -0.15) is 0 Å². The van der Waals surface area contributed by atoms with E-state index in [1.807, 2.05) is 0 Å². The standard InChI is InChI=1S/C57H111NO13/c1-3-5-7-9-11-13-15-16-17-18-19-20-21-22-23-24-25-26-27-28-29-30-31-33-35-37-39-41-49(62)58-45(46(61)40-38-36-34-32-14-12-10-8-6-4-2)44-68-56-54(67)52(65)55(48(43-60)70-56)71-57-53(66)51(64)50(63)47(42-59)69-57/h45-48,50-57,59-61,63-67H,3-44H2,1-2H3,(H,58,62)/t45-,46+,47+,48+,50-,51?,52?,53?,54?,55+,56+,57-/m0/s1. The monoisotopic (exact) mass is 1020 g/mol. The minimum absolute atomic E-state index is 0.202. The van der Waals surface area contributed by atoms with E-state index < -0.39 is 86.8 Å². The highest BCUT2D eigenvalue weighted by molar-refractivity contribution is 5.76. The Kier molecular flexibility index (Phi) is 41.1. The number of hydrogen-bond donors (Lipinski definition) is 9. The molecule has 2 aliphatic heterocycles. The first-order valence-corrected chi connectivity index (χ1v) is 29.8. The Balaban J connectivity index is 1.65. The molecule has 9 N–H and O–H groups in total. The fourth-order valence-electron chi connectivity index (χ4n) is 10.2. The molecule has 0 aromatic rings. The predicted octanol–water partition coefficient (Wildman–Crippen LogP) is 9.73. The van der Waals surface area contributed by atoms with Crippen molar-refractivity contribution in [2.75, 3.05) is 19.8 Å². The van der Waals surface area contributed by atoms with Gasteiger partial charge >= 0.3 is 0 Å². The molecule has 0 bridgehead atoms. The molecule has 4 unspecified atom stereocenters. The van der Waals surface area contributed by atoms with Gasteiger partial charge in [-0.3, -0.25) is 4.79 Å². The number of carbonyl (C=O) groups excluding carboxylic acids is 1. The maximum Gasteiger partial charge on any atom is 0.220 e. The van der Waals surface area contributed by atoms with Gasteiger partial charge in [-0.15, -0.1) is 0 Å². The van der Waals surface area contributed by atoms with Crippen molar-refractivity contribution in [3.05, 3.63) is 0 Å². The molecule has 2 heterocycles. The van der Waals surface area contributed by atoms with Crippen molar-refractivity contribution < 1.29 is 64.6 Å². The molecule has 1 amide bonds. The zero-order chi connectivity index (χ0) is 51.7. The van der Waals surface area contributed by atoms with E-state index in [0.717, 1.165) is 51.4 Å². The lowest BCUT2D eigenvalue weighted by Crippen LogP contribution is -2.65. The van der Waals surface area contributed by atoms with Crippen LogP contribution < -0.4 is 5.32 Å². The summed E-state index contributed by atoms with van der Waals surface area (Å²) in [7, 11) is 0. The maximum absolute atomic E-state index is 13.2. The molecule has 422 valence electrons. The van der Waals surface area contributed by atoms with E-state index >= 15 is 0 Å². The molecule has 0 aliphatic carbocycles. The Morgan fingerprint density at radius 1 is 0.451 bits per heavy atom. The van der Waals surface area contributed by atoms with Crippen LogP contribution in [0.1, 0.15) is 264 Å². The van der Waals surface area contributed by atoms with Gasteiger partial charge in [0, 0.05) is 6.42 Å². The predicted molar refractivity (Wildman–Crippen MR) is 282 cm³/mol. The first kappa shape index (κ1) is 66.1. The number of unbranched alkanes of at least 4 members (excludes halogenated alkanes) is 35. The Labute approximate surface area is 432 Å². The number of aliphatic hydroxyl groups excluding tert-OH is 8. The van der Waals surface area contributed by atoms with Crippen molar-refractivity contribution in [2.24, 2.45) is 0 Å². The number of amides is 1. The first-order chi connectivity index (χ1) is 34.6. The zero-order valence-electron chi connectivity index (χ0n) is 45.2. The van der Waals surface area contributed by atoms with Crippen LogP contribution in [0.15, 0.2) is 0 Å². The molecule has 2 rings (SSSR count). The molecule has 0 aromatic carbocycles. The summed E-state index contributed by atoms with van der Waals surface area (Å²) in [4.78, 5) is 13.2. The number of carbonyl (C=O) groups is 1. The molecule has 2 fully saturated rings. The van der Waals surface area contributed by atoms with Gasteiger partial charge in [0.2, 0.25) is 5.91 Å². The van der Waals surface area contributed by atoms with Gasteiger partial charge < -0.3 is 65.1 Å². The van der Waals surface area contributed by atoms with E-state index in [0.29, 0.717) is 12.8 Å².